The van der Waals surface area contributed by atoms with Gasteiger partial charge in [-0.05, 0) is 33.0 Å². The van der Waals surface area contributed by atoms with Crippen LogP contribution in [0.25, 0.3) is 0 Å². The second-order valence-electron chi connectivity index (χ2n) is 4.29. The van der Waals surface area contributed by atoms with Gasteiger partial charge >= 0.3 is 0 Å². The van der Waals surface area contributed by atoms with Gasteiger partial charge in [0.05, 0.1) is 12.3 Å². The van der Waals surface area contributed by atoms with Gasteiger partial charge in [0, 0.05) is 38.1 Å². The molecule has 4 nitrogen and oxygen atoms in total. The van der Waals surface area contributed by atoms with E-state index < -0.39 is 0 Å². The molecule has 0 aliphatic heterocycles. The van der Waals surface area contributed by atoms with Crippen LogP contribution in [0, 0.1) is 0 Å². The monoisotopic (exact) mass is 237 g/mol. The summed E-state index contributed by atoms with van der Waals surface area (Å²) >= 11 is 0. The van der Waals surface area contributed by atoms with E-state index in [-0.39, 0.29) is 0 Å². The molecule has 96 valence electrons. The highest BCUT2D eigenvalue weighted by atomic mass is 16.5. The predicted octanol–water partition coefficient (Wildman–Crippen LogP) is 1.98. The Labute approximate surface area is 104 Å². The molecule has 0 radical (unpaired) electrons. The Kier molecular flexibility index (Phi) is 5.94. The van der Waals surface area contributed by atoms with Gasteiger partial charge in [-0.1, -0.05) is 0 Å². The first-order valence-corrected chi connectivity index (χ1v) is 6.05. The Morgan fingerprint density at radius 2 is 2.29 bits per heavy atom. The maximum absolute atomic E-state index is 5.15. The molecule has 1 unspecified atom stereocenters. The van der Waals surface area contributed by atoms with Crippen molar-refractivity contribution in [3.8, 4) is 0 Å². The van der Waals surface area contributed by atoms with Gasteiger partial charge in [-0.3, -0.25) is 9.88 Å². The lowest BCUT2D eigenvalue weighted by Crippen LogP contribution is -2.32. The molecule has 0 bridgehead atoms. The normalized spacial score (nSPS) is 12.8. The maximum atomic E-state index is 5.15. The standard InChI is InChI=1S/C13H23N3O/c1-5-14-12-6-7-15-13(8-12)9-16(3)11(2)10-17-4/h6-8,11H,5,9-10H2,1-4H3,(H,14,15). The summed E-state index contributed by atoms with van der Waals surface area (Å²) in [6.07, 6.45) is 1.85. The number of nitrogens with one attached hydrogen (secondary N) is 1. The van der Waals surface area contributed by atoms with E-state index in [0.29, 0.717) is 6.04 Å². The molecule has 0 aromatic carbocycles. The number of methoxy groups -OCH3 is 1. The number of hydrogen-bond donors (Lipinski definition) is 1. The van der Waals surface area contributed by atoms with Gasteiger partial charge in [-0.15, -0.1) is 0 Å². The molecule has 1 rings (SSSR count). The van der Waals surface area contributed by atoms with Crippen LogP contribution in [-0.2, 0) is 11.3 Å². The second-order valence-corrected chi connectivity index (χ2v) is 4.29. The molecule has 1 heterocycles. The van der Waals surface area contributed by atoms with Crippen molar-refractivity contribution in [2.45, 2.75) is 26.4 Å². The zero-order chi connectivity index (χ0) is 12.7. The highest BCUT2D eigenvalue weighted by Crippen LogP contribution is 2.10. The number of hydrogen-bond acceptors (Lipinski definition) is 4. The van der Waals surface area contributed by atoms with Crippen LogP contribution in [0.5, 0.6) is 0 Å². The van der Waals surface area contributed by atoms with E-state index in [0.717, 1.165) is 31.1 Å². The molecule has 0 amide bonds. The molecule has 0 spiro atoms. The van der Waals surface area contributed by atoms with Crippen molar-refractivity contribution >= 4 is 5.69 Å². The van der Waals surface area contributed by atoms with Crippen LogP contribution in [-0.4, -0.2) is 43.2 Å². The quantitative estimate of drug-likeness (QED) is 0.787. The Morgan fingerprint density at radius 3 is 2.94 bits per heavy atom. The fourth-order valence-electron chi connectivity index (χ4n) is 1.66. The molecule has 1 aromatic rings. The molecule has 4 heteroatoms. The third-order valence-electron chi connectivity index (χ3n) is 2.77. The number of likely N-dealkylation sites (N-methyl/N-ethyl adjacent to an activating group) is 1. The first-order valence-electron chi connectivity index (χ1n) is 6.05. The van der Waals surface area contributed by atoms with Crippen LogP contribution in [0.1, 0.15) is 19.5 Å². The Morgan fingerprint density at radius 1 is 1.53 bits per heavy atom. The van der Waals surface area contributed by atoms with Crippen molar-refractivity contribution in [2.24, 2.45) is 0 Å². The molecule has 1 N–H and O–H groups in total. The minimum Gasteiger partial charge on any atom is -0.385 e. The Balaban J connectivity index is 2.58. The third kappa shape index (κ3) is 4.71. The van der Waals surface area contributed by atoms with Crippen molar-refractivity contribution in [3.05, 3.63) is 24.0 Å². The zero-order valence-electron chi connectivity index (χ0n) is 11.2. The molecule has 0 fully saturated rings. The summed E-state index contributed by atoms with van der Waals surface area (Å²) in [6, 6.07) is 4.48. The number of anilines is 1. The summed E-state index contributed by atoms with van der Waals surface area (Å²) in [4.78, 5) is 6.62. The first kappa shape index (κ1) is 13.9. The highest BCUT2D eigenvalue weighted by Gasteiger charge is 2.09. The lowest BCUT2D eigenvalue weighted by molar-refractivity contribution is 0.111. The van der Waals surface area contributed by atoms with Crippen LogP contribution in [0.2, 0.25) is 0 Å². The highest BCUT2D eigenvalue weighted by molar-refractivity contribution is 5.42. The Hall–Kier alpha value is -1.13. The van der Waals surface area contributed by atoms with E-state index >= 15 is 0 Å². The minimum atomic E-state index is 0.393. The number of rotatable bonds is 7. The van der Waals surface area contributed by atoms with Gasteiger partial charge < -0.3 is 10.1 Å². The number of nitrogens with zero attached hydrogens (tertiary/aromatic N) is 2. The second kappa shape index (κ2) is 7.25. The minimum absolute atomic E-state index is 0.393. The molecule has 17 heavy (non-hydrogen) atoms. The van der Waals surface area contributed by atoms with E-state index in [9.17, 15) is 0 Å². The van der Waals surface area contributed by atoms with E-state index in [2.05, 4.69) is 42.2 Å². The van der Waals surface area contributed by atoms with Crippen molar-refractivity contribution < 1.29 is 4.74 Å². The lowest BCUT2D eigenvalue weighted by atomic mass is 10.2. The molecule has 1 atom stereocenters. The average Bonchev–Trinajstić information content (AvgIpc) is 2.30. The van der Waals surface area contributed by atoms with E-state index in [1.165, 1.54) is 0 Å². The molecular formula is C13H23N3O. The largest absolute Gasteiger partial charge is 0.385 e. The summed E-state index contributed by atoms with van der Waals surface area (Å²) in [5.41, 5.74) is 2.21. The van der Waals surface area contributed by atoms with Gasteiger partial charge in [-0.2, -0.15) is 0 Å². The van der Waals surface area contributed by atoms with Gasteiger partial charge in [0.1, 0.15) is 0 Å². The smallest absolute Gasteiger partial charge is 0.0615 e. The lowest BCUT2D eigenvalue weighted by Gasteiger charge is -2.23. The van der Waals surface area contributed by atoms with Crippen molar-refractivity contribution in [1.82, 2.24) is 9.88 Å². The van der Waals surface area contributed by atoms with E-state index in [4.69, 9.17) is 4.74 Å². The SMILES string of the molecule is CCNc1ccnc(CN(C)C(C)COC)c1. The summed E-state index contributed by atoms with van der Waals surface area (Å²) < 4.78 is 5.15. The third-order valence-corrected chi connectivity index (χ3v) is 2.77. The van der Waals surface area contributed by atoms with Crippen molar-refractivity contribution in [2.75, 3.05) is 32.6 Å². The first-order chi connectivity index (χ1) is 8.17. The zero-order valence-corrected chi connectivity index (χ0v) is 11.2. The molecule has 0 aliphatic carbocycles. The van der Waals surface area contributed by atoms with Crippen LogP contribution in [0.4, 0.5) is 5.69 Å². The number of pyridine rings is 1. The fourth-order valence-corrected chi connectivity index (χ4v) is 1.66. The van der Waals surface area contributed by atoms with Crippen LogP contribution in [0.15, 0.2) is 18.3 Å². The van der Waals surface area contributed by atoms with Crippen molar-refractivity contribution in [1.29, 1.82) is 0 Å². The van der Waals surface area contributed by atoms with E-state index in [1.807, 2.05) is 12.3 Å². The molecule has 0 aliphatic rings. The maximum Gasteiger partial charge on any atom is 0.0615 e. The fraction of sp³-hybridized carbons (Fsp3) is 0.615. The predicted molar refractivity (Wildman–Crippen MR) is 71.2 cm³/mol. The summed E-state index contributed by atoms with van der Waals surface area (Å²) in [6.45, 7) is 6.75. The molecule has 1 aromatic heterocycles. The average molecular weight is 237 g/mol. The van der Waals surface area contributed by atoms with Gasteiger partial charge in [0.2, 0.25) is 0 Å². The molecule has 0 saturated carbocycles. The summed E-state index contributed by atoms with van der Waals surface area (Å²) in [7, 11) is 3.82. The molecular weight excluding hydrogens is 214 g/mol. The van der Waals surface area contributed by atoms with Gasteiger partial charge in [0.25, 0.3) is 0 Å². The summed E-state index contributed by atoms with van der Waals surface area (Å²) in [5, 5.41) is 3.29. The van der Waals surface area contributed by atoms with Crippen LogP contribution in [0.3, 0.4) is 0 Å². The summed E-state index contributed by atoms with van der Waals surface area (Å²) in [5.74, 6) is 0. The van der Waals surface area contributed by atoms with Gasteiger partial charge in [0.15, 0.2) is 0 Å². The van der Waals surface area contributed by atoms with Crippen LogP contribution >= 0.6 is 0 Å². The van der Waals surface area contributed by atoms with Gasteiger partial charge in [-0.25, -0.2) is 0 Å². The molecule has 0 saturated heterocycles. The van der Waals surface area contributed by atoms with Crippen LogP contribution < -0.4 is 5.32 Å². The Bertz CT molecular complexity index is 330. The van der Waals surface area contributed by atoms with E-state index in [1.54, 1.807) is 7.11 Å². The number of aromatic nitrogens is 1. The van der Waals surface area contributed by atoms with Crippen molar-refractivity contribution in [3.63, 3.8) is 0 Å². The number of ether oxygens (including phenoxy) is 1. The topological polar surface area (TPSA) is 37.4 Å².